The van der Waals surface area contributed by atoms with Crippen molar-refractivity contribution in [1.82, 2.24) is 0 Å². The van der Waals surface area contributed by atoms with Crippen LogP contribution in [0, 0.1) is 5.92 Å². The molecule has 1 saturated heterocycles. The summed E-state index contributed by atoms with van der Waals surface area (Å²) in [4.78, 5) is 11.7. The highest BCUT2D eigenvalue weighted by Gasteiger charge is 2.45. The molecular weight excluding hydrogens is 320 g/mol. The third-order valence-corrected chi connectivity index (χ3v) is 4.11. The van der Waals surface area contributed by atoms with E-state index in [1.54, 1.807) is 0 Å². The van der Waals surface area contributed by atoms with E-state index in [-0.39, 0.29) is 30.5 Å². The van der Waals surface area contributed by atoms with E-state index in [0.717, 1.165) is 5.56 Å². The van der Waals surface area contributed by atoms with Crippen LogP contribution in [0.3, 0.4) is 0 Å². The Labute approximate surface area is 149 Å². The first-order valence-electron chi connectivity index (χ1n) is 8.62. The molecule has 2 rings (SSSR count). The van der Waals surface area contributed by atoms with Crippen LogP contribution in [0.1, 0.15) is 32.8 Å². The van der Waals surface area contributed by atoms with Crippen LogP contribution in [0.2, 0.25) is 0 Å². The van der Waals surface area contributed by atoms with E-state index >= 15 is 0 Å². The SMILES string of the molecule is C/C=C/[C@H](CC(=O)OC)[C@@H]1OC(C)(C)O[C@H]1COCc1ccccc1. The van der Waals surface area contributed by atoms with Gasteiger partial charge in [0, 0.05) is 5.92 Å². The molecule has 138 valence electrons. The molecule has 5 heteroatoms. The minimum Gasteiger partial charge on any atom is -0.469 e. The number of allylic oxidation sites excluding steroid dienone is 1. The molecule has 0 N–H and O–H groups in total. The largest absolute Gasteiger partial charge is 0.469 e. The summed E-state index contributed by atoms with van der Waals surface area (Å²) in [7, 11) is 1.39. The molecule has 25 heavy (non-hydrogen) atoms. The zero-order valence-electron chi connectivity index (χ0n) is 15.4. The van der Waals surface area contributed by atoms with Crippen LogP contribution in [0.4, 0.5) is 0 Å². The molecular formula is C20H28O5. The molecule has 0 spiro atoms. The highest BCUT2D eigenvalue weighted by Crippen LogP contribution is 2.34. The van der Waals surface area contributed by atoms with Crippen molar-refractivity contribution in [3.8, 4) is 0 Å². The first-order valence-corrected chi connectivity index (χ1v) is 8.62. The third kappa shape index (κ3) is 5.96. The highest BCUT2D eigenvalue weighted by atomic mass is 16.8. The quantitative estimate of drug-likeness (QED) is 0.532. The molecule has 1 aliphatic heterocycles. The Morgan fingerprint density at radius 2 is 2.00 bits per heavy atom. The third-order valence-electron chi connectivity index (χ3n) is 4.11. The maximum Gasteiger partial charge on any atom is 0.306 e. The van der Waals surface area contributed by atoms with E-state index in [1.807, 2.05) is 63.3 Å². The number of carbonyl (C=O) groups is 1. The van der Waals surface area contributed by atoms with Gasteiger partial charge in [-0.05, 0) is 26.3 Å². The van der Waals surface area contributed by atoms with Gasteiger partial charge in [0.05, 0.1) is 32.8 Å². The van der Waals surface area contributed by atoms with Crippen LogP contribution in [0.25, 0.3) is 0 Å². The lowest BCUT2D eigenvalue weighted by Crippen LogP contribution is -2.35. The van der Waals surface area contributed by atoms with Gasteiger partial charge in [-0.3, -0.25) is 4.79 Å². The number of benzene rings is 1. The smallest absolute Gasteiger partial charge is 0.306 e. The summed E-state index contributed by atoms with van der Waals surface area (Å²) in [6.45, 7) is 6.59. The van der Waals surface area contributed by atoms with Gasteiger partial charge >= 0.3 is 5.97 Å². The lowest BCUT2D eigenvalue weighted by molar-refractivity contribution is -0.156. The van der Waals surface area contributed by atoms with Crippen molar-refractivity contribution >= 4 is 5.97 Å². The summed E-state index contributed by atoms with van der Waals surface area (Å²) >= 11 is 0. The zero-order chi connectivity index (χ0) is 18.3. The van der Waals surface area contributed by atoms with Crippen molar-refractivity contribution in [1.29, 1.82) is 0 Å². The van der Waals surface area contributed by atoms with E-state index in [0.29, 0.717) is 13.2 Å². The van der Waals surface area contributed by atoms with E-state index in [4.69, 9.17) is 18.9 Å². The minimum absolute atomic E-state index is 0.121. The maximum atomic E-state index is 11.7. The second-order valence-corrected chi connectivity index (χ2v) is 6.61. The molecule has 1 aromatic rings. The zero-order valence-corrected chi connectivity index (χ0v) is 15.4. The fraction of sp³-hybridized carbons (Fsp3) is 0.550. The van der Waals surface area contributed by atoms with Crippen LogP contribution < -0.4 is 0 Å². The van der Waals surface area contributed by atoms with Crippen LogP contribution in [0.5, 0.6) is 0 Å². The first kappa shape index (κ1) is 19.6. The predicted octanol–water partition coefficient (Wildman–Crippen LogP) is 3.48. The average molecular weight is 348 g/mol. The first-order chi connectivity index (χ1) is 11.9. The molecule has 1 aliphatic rings. The van der Waals surface area contributed by atoms with Crippen molar-refractivity contribution in [3.63, 3.8) is 0 Å². The monoisotopic (exact) mass is 348 g/mol. The van der Waals surface area contributed by atoms with Gasteiger partial charge in [-0.25, -0.2) is 0 Å². The number of methoxy groups -OCH3 is 1. The van der Waals surface area contributed by atoms with Gasteiger partial charge in [0.1, 0.15) is 6.10 Å². The number of esters is 1. The molecule has 0 saturated carbocycles. The normalized spacial score (nSPS) is 23.7. The summed E-state index contributed by atoms with van der Waals surface area (Å²) in [5.41, 5.74) is 1.11. The van der Waals surface area contributed by atoms with Crippen LogP contribution in [-0.2, 0) is 30.3 Å². The Kier molecular flexibility index (Phi) is 7.17. The van der Waals surface area contributed by atoms with Gasteiger partial charge in [0.2, 0.25) is 0 Å². The Morgan fingerprint density at radius 3 is 2.64 bits per heavy atom. The van der Waals surface area contributed by atoms with Gasteiger partial charge in [-0.15, -0.1) is 0 Å². The number of ether oxygens (including phenoxy) is 4. The van der Waals surface area contributed by atoms with Crippen molar-refractivity contribution in [3.05, 3.63) is 48.0 Å². The van der Waals surface area contributed by atoms with E-state index in [1.165, 1.54) is 7.11 Å². The number of rotatable bonds is 8. The summed E-state index contributed by atoms with van der Waals surface area (Å²) in [6, 6.07) is 9.99. The number of hydrogen-bond donors (Lipinski definition) is 0. The Hall–Kier alpha value is -1.69. The summed E-state index contributed by atoms with van der Waals surface area (Å²) in [6.07, 6.45) is 3.63. The summed E-state index contributed by atoms with van der Waals surface area (Å²) < 4.78 is 22.7. The van der Waals surface area contributed by atoms with Gasteiger partial charge in [-0.1, -0.05) is 42.5 Å². The predicted molar refractivity (Wildman–Crippen MR) is 94.9 cm³/mol. The van der Waals surface area contributed by atoms with Crippen molar-refractivity contribution in [2.45, 2.75) is 51.8 Å². The molecule has 1 aromatic carbocycles. The number of hydrogen-bond acceptors (Lipinski definition) is 5. The molecule has 3 atom stereocenters. The molecule has 0 unspecified atom stereocenters. The van der Waals surface area contributed by atoms with Crippen molar-refractivity contribution < 1.29 is 23.7 Å². The molecule has 0 aliphatic carbocycles. The van der Waals surface area contributed by atoms with Gasteiger partial charge in [-0.2, -0.15) is 0 Å². The summed E-state index contributed by atoms with van der Waals surface area (Å²) in [5, 5.41) is 0. The second kappa shape index (κ2) is 9.13. The average Bonchev–Trinajstić information content (AvgIpc) is 2.90. The van der Waals surface area contributed by atoms with E-state index in [2.05, 4.69) is 0 Å². The van der Waals surface area contributed by atoms with Crippen molar-refractivity contribution in [2.75, 3.05) is 13.7 Å². The highest BCUT2D eigenvalue weighted by molar-refractivity contribution is 5.69. The van der Waals surface area contributed by atoms with Crippen LogP contribution in [0.15, 0.2) is 42.5 Å². The molecule has 1 heterocycles. The fourth-order valence-electron chi connectivity index (χ4n) is 3.04. The van der Waals surface area contributed by atoms with Crippen LogP contribution in [-0.4, -0.2) is 37.7 Å². The van der Waals surface area contributed by atoms with Gasteiger partial charge < -0.3 is 18.9 Å². The fourth-order valence-corrected chi connectivity index (χ4v) is 3.04. The van der Waals surface area contributed by atoms with Gasteiger partial charge in [0.15, 0.2) is 5.79 Å². The minimum atomic E-state index is -0.707. The molecule has 0 bridgehead atoms. The lowest BCUT2D eigenvalue weighted by Gasteiger charge is -2.23. The lowest BCUT2D eigenvalue weighted by atomic mass is 9.94. The molecule has 0 amide bonds. The topological polar surface area (TPSA) is 54.0 Å². The Bertz CT molecular complexity index is 567. The van der Waals surface area contributed by atoms with Gasteiger partial charge in [0.25, 0.3) is 0 Å². The van der Waals surface area contributed by atoms with Crippen molar-refractivity contribution in [2.24, 2.45) is 5.92 Å². The molecule has 0 aromatic heterocycles. The molecule has 5 nitrogen and oxygen atoms in total. The summed E-state index contributed by atoms with van der Waals surface area (Å²) in [5.74, 6) is -1.09. The standard InChI is InChI=1S/C20H28O5/c1-5-9-16(12-18(21)22-4)19-17(24-20(2,3)25-19)14-23-13-15-10-7-6-8-11-15/h5-11,16-17,19H,12-14H2,1-4H3/b9-5+/t16-,17+,19+/m1/s1. The van der Waals surface area contributed by atoms with Crippen LogP contribution >= 0.6 is 0 Å². The molecule has 1 fully saturated rings. The molecule has 0 radical (unpaired) electrons. The number of carbonyl (C=O) groups excluding carboxylic acids is 1. The second-order valence-electron chi connectivity index (χ2n) is 6.61. The Morgan fingerprint density at radius 1 is 1.28 bits per heavy atom. The van der Waals surface area contributed by atoms with E-state index < -0.39 is 5.79 Å². The Balaban J connectivity index is 2.01. The maximum absolute atomic E-state index is 11.7. The van der Waals surface area contributed by atoms with E-state index in [9.17, 15) is 4.79 Å².